The lowest BCUT2D eigenvalue weighted by atomic mass is 10.1. The highest BCUT2D eigenvalue weighted by Gasteiger charge is 2.24. The first-order valence-corrected chi connectivity index (χ1v) is 6.78. The van der Waals surface area contributed by atoms with E-state index in [2.05, 4.69) is 0 Å². The SMILES string of the molecule is CCOC(=O)c1c(N)c(-c2ccccc2OC)n(C)c1C. The van der Waals surface area contributed by atoms with Gasteiger partial charge in [0.25, 0.3) is 0 Å². The van der Waals surface area contributed by atoms with E-state index in [1.165, 1.54) is 0 Å². The molecule has 0 amide bonds. The van der Waals surface area contributed by atoms with Crippen molar-refractivity contribution in [1.29, 1.82) is 0 Å². The van der Waals surface area contributed by atoms with E-state index in [4.69, 9.17) is 15.2 Å². The molecule has 0 aliphatic carbocycles. The minimum atomic E-state index is -0.399. The van der Waals surface area contributed by atoms with E-state index in [1.54, 1.807) is 14.0 Å². The van der Waals surface area contributed by atoms with Crippen LogP contribution in [0.15, 0.2) is 24.3 Å². The highest BCUT2D eigenvalue weighted by Crippen LogP contribution is 2.38. The number of hydrogen-bond acceptors (Lipinski definition) is 4. The summed E-state index contributed by atoms with van der Waals surface area (Å²) in [6.45, 7) is 3.94. The monoisotopic (exact) mass is 288 g/mol. The Labute approximate surface area is 124 Å². The molecule has 0 radical (unpaired) electrons. The Morgan fingerprint density at radius 1 is 1.33 bits per heavy atom. The summed E-state index contributed by atoms with van der Waals surface area (Å²) in [5, 5.41) is 0. The second kappa shape index (κ2) is 5.91. The van der Waals surface area contributed by atoms with Crippen molar-refractivity contribution in [2.75, 3.05) is 19.5 Å². The number of anilines is 1. The van der Waals surface area contributed by atoms with Crippen LogP contribution in [0.5, 0.6) is 5.75 Å². The minimum absolute atomic E-state index is 0.316. The van der Waals surface area contributed by atoms with Gasteiger partial charge in [0.2, 0.25) is 0 Å². The number of aromatic nitrogens is 1. The number of hydrogen-bond donors (Lipinski definition) is 1. The summed E-state index contributed by atoms with van der Waals surface area (Å²) in [7, 11) is 3.48. The Bertz CT molecular complexity index is 674. The van der Waals surface area contributed by atoms with Crippen molar-refractivity contribution in [3.63, 3.8) is 0 Å². The number of nitrogens with two attached hydrogens (primary N) is 1. The largest absolute Gasteiger partial charge is 0.496 e. The lowest BCUT2D eigenvalue weighted by Crippen LogP contribution is -2.08. The molecule has 0 atom stereocenters. The Balaban J connectivity index is 2.66. The van der Waals surface area contributed by atoms with Crippen LogP contribution in [0.1, 0.15) is 23.0 Å². The van der Waals surface area contributed by atoms with E-state index >= 15 is 0 Å². The minimum Gasteiger partial charge on any atom is -0.496 e. The lowest BCUT2D eigenvalue weighted by molar-refractivity contribution is 0.0526. The molecule has 0 fully saturated rings. The molecule has 0 spiro atoms. The summed E-state index contributed by atoms with van der Waals surface area (Å²) in [6.07, 6.45) is 0. The first kappa shape index (κ1) is 15.0. The van der Waals surface area contributed by atoms with E-state index < -0.39 is 5.97 Å². The van der Waals surface area contributed by atoms with E-state index in [1.807, 2.05) is 42.8 Å². The molecule has 2 N–H and O–H groups in total. The predicted molar refractivity (Wildman–Crippen MR) is 82.5 cm³/mol. The Kier molecular flexibility index (Phi) is 4.21. The molecular formula is C16H20N2O3. The number of para-hydroxylation sites is 1. The maximum Gasteiger partial charge on any atom is 0.342 e. The summed E-state index contributed by atoms with van der Waals surface area (Å²) in [5.41, 5.74) is 9.42. The number of nitrogen functional groups attached to an aromatic ring is 1. The first-order chi connectivity index (χ1) is 10.0. The highest BCUT2D eigenvalue weighted by atomic mass is 16.5. The van der Waals surface area contributed by atoms with Gasteiger partial charge in [-0.3, -0.25) is 0 Å². The molecule has 5 nitrogen and oxygen atoms in total. The molecule has 0 unspecified atom stereocenters. The smallest absolute Gasteiger partial charge is 0.342 e. The number of esters is 1. The number of rotatable bonds is 4. The average Bonchev–Trinajstić information content (AvgIpc) is 2.69. The van der Waals surface area contributed by atoms with Crippen LogP contribution in [0.3, 0.4) is 0 Å². The molecule has 112 valence electrons. The third kappa shape index (κ3) is 2.46. The molecule has 1 aromatic heterocycles. The average molecular weight is 288 g/mol. The molecular weight excluding hydrogens is 268 g/mol. The van der Waals surface area contributed by atoms with Crippen LogP contribution in [0, 0.1) is 6.92 Å². The lowest BCUT2D eigenvalue weighted by Gasteiger charge is -2.10. The van der Waals surface area contributed by atoms with Crippen molar-refractivity contribution >= 4 is 11.7 Å². The van der Waals surface area contributed by atoms with Gasteiger partial charge in [0.1, 0.15) is 11.3 Å². The summed E-state index contributed by atoms with van der Waals surface area (Å²) in [6, 6.07) is 7.57. The fourth-order valence-electron chi connectivity index (χ4n) is 2.46. The van der Waals surface area contributed by atoms with E-state index in [-0.39, 0.29) is 0 Å². The third-order valence-electron chi connectivity index (χ3n) is 3.57. The van der Waals surface area contributed by atoms with Gasteiger partial charge in [-0.2, -0.15) is 0 Å². The maximum absolute atomic E-state index is 12.1. The first-order valence-electron chi connectivity index (χ1n) is 6.78. The number of nitrogens with zero attached hydrogens (tertiary/aromatic N) is 1. The quantitative estimate of drug-likeness (QED) is 0.878. The highest BCUT2D eigenvalue weighted by molar-refractivity contribution is 6.01. The Morgan fingerprint density at radius 2 is 2.00 bits per heavy atom. The van der Waals surface area contributed by atoms with Crippen molar-refractivity contribution in [2.45, 2.75) is 13.8 Å². The molecule has 2 aromatic rings. The molecule has 1 heterocycles. The summed E-state index contributed by atoms with van der Waals surface area (Å²) < 4.78 is 12.4. The molecule has 0 saturated heterocycles. The van der Waals surface area contributed by atoms with Crippen molar-refractivity contribution in [1.82, 2.24) is 4.57 Å². The van der Waals surface area contributed by atoms with E-state index in [0.29, 0.717) is 23.6 Å². The van der Waals surface area contributed by atoms with Crippen LogP contribution in [-0.2, 0) is 11.8 Å². The van der Waals surface area contributed by atoms with Gasteiger partial charge < -0.3 is 19.8 Å². The zero-order chi connectivity index (χ0) is 15.6. The van der Waals surface area contributed by atoms with Gasteiger partial charge >= 0.3 is 5.97 Å². The van der Waals surface area contributed by atoms with Gasteiger partial charge in [0, 0.05) is 18.3 Å². The van der Waals surface area contributed by atoms with Gasteiger partial charge in [0.15, 0.2) is 0 Å². The predicted octanol–water partition coefficient (Wildman–Crippen LogP) is 2.77. The summed E-state index contributed by atoms with van der Waals surface area (Å²) in [5.74, 6) is 0.310. The van der Waals surface area contributed by atoms with Gasteiger partial charge in [-0.15, -0.1) is 0 Å². The van der Waals surface area contributed by atoms with Gasteiger partial charge in [-0.1, -0.05) is 12.1 Å². The molecule has 1 aromatic carbocycles. The van der Waals surface area contributed by atoms with Crippen molar-refractivity contribution in [3.8, 4) is 17.0 Å². The van der Waals surface area contributed by atoms with Crippen LogP contribution >= 0.6 is 0 Å². The van der Waals surface area contributed by atoms with Gasteiger partial charge in [-0.25, -0.2) is 4.79 Å². The van der Waals surface area contributed by atoms with E-state index in [9.17, 15) is 4.79 Å². The Hall–Kier alpha value is -2.43. The normalized spacial score (nSPS) is 10.5. The van der Waals surface area contributed by atoms with Crippen molar-refractivity contribution < 1.29 is 14.3 Å². The number of carbonyl (C=O) groups is 1. The zero-order valence-corrected chi connectivity index (χ0v) is 12.8. The number of carbonyl (C=O) groups excluding carboxylic acids is 1. The van der Waals surface area contributed by atoms with Crippen LogP contribution in [0.2, 0.25) is 0 Å². The molecule has 0 bridgehead atoms. The number of ether oxygens (including phenoxy) is 2. The van der Waals surface area contributed by atoms with E-state index in [0.717, 1.165) is 17.0 Å². The van der Waals surface area contributed by atoms with Crippen molar-refractivity contribution in [2.24, 2.45) is 7.05 Å². The standard InChI is InChI=1S/C16H20N2O3/c1-5-21-16(19)13-10(2)18(3)15(14(13)17)11-8-6-7-9-12(11)20-4/h6-9H,5,17H2,1-4H3. The van der Waals surface area contributed by atoms with Crippen LogP contribution in [0.25, 0.3) is 11.3 Å². The topological polar surface area (TPSA) is 66.5 Å². The van der Waals surface area contributed by atoms with Gasteiger partial charge in [-0.05, 0) is 26.0 Å². The second-order valence-electron chi connectivity index (χ2n) is 4.70. The van der Waals surface area contributed by atoms with Crippen LogP contribution in [0.4, 0.5) is 5.69 Å². The van der Waals surface area contributed by atoms with Crippen LogP contribution in [-0.4, -0.2) is 24.3 Å². The summed E-state index contributed by atoms with van der Waals surface area (Å²) in [4.78, 5) is 12.1. The fraction of sp³-hybridized carbons (Fsp3) is 0.312. The molecule has 21 heavy (non-hydrogen) atoms. The van der Waals surface area contributed by atoms with Crippen LogP contribution < -0.4 is 10.5 Å². The number of benzene rings is 1. The van der Waals surface area contributed by atoms with Gasteiger partial charge in [0.05, 0.1) is 25.1 Å². The molecule has 0 aliphatic heterocycles. The molecule has 0 saturated carbocycles. The molecule has 5 heteroatoms. The number of methoxy groups -OCH3 is 1. The zero-order valence-electron chi connectivity index (χ0n) is 12.8. The fourth-order valence-corrected chi connectivity index (χ4v) is 2.46. The third-order valence-corrected chi connectivity index (χ3v) is 3.57. The second-order valence-corrected chi connectivity index (χ2v) is 4.70. The Morgan fingerprint density at radius 3 is 2.62 bits per heavy atom. The molecule has 0 aliphatic rings. The van der Waals surface area contributed by atoms with Crippen molar-refractivity contribution in [3.05, 3.63) is 35.5 Å². The molecule has 2 rings (SSSR count). The summed E-state index contributed by atoms with van der Waals surface area (Å²) >= 11 is 0. The maximum atomic E-state index is 12.1.